The fourth-order valence-corrected chi connectivity index (χ4v) is 5.94. The Hall–Kier alpha value is -4.54. The van der Waals surface area contributed by atoms with Crippen LogP contribution in [0.2, 0.25) is 0 Å². The van der Waals surface area contributed by atoms with E-state index in [-0.39, 0.29) is 16.4 Å². The molecule has 0 atom stereocenters. The van der Waals surface area contributed by atoms with Crippen LogP contribution in [0.5, 0.6) is 0 Å². The van der Waals surface area contributed by atoms with Gasteiger partial charge in [0.1, 0.15) is 5.57 Å². The lowest BCUT2D eigenvalue weighted by molar-refractivity contribution is -0.384. The highest BCUT2D eigenvalue weighted by atomic mass is 32.2. The van der Waals surface area contributed by atoms with Gasteiger partial charge in [0.05, 0.1) is 10.6 Å². The van der Waals surface area contributed by atoms with E-state index in [0.29, 0.717) is 5.69 Å². The molecular formula is C31H26N4O4S2. The number of amides is 2. The molecule has 0 radical (unpaired) electrons. The molecule has 5 rings (SSSR count). The summed E-state index contributed by atoms with van der Waals surface area (Å²) < 4.78 is 2.06. The first-order valence-corrected chi connectivity index (χ1v) is 14.0. The molecule has 0 aliphatic carbocycles. The van der Waals surface area contributed by atoms with Crippen LogP contribution >= 0.6 is 24.0 Å². The summed E-state index contributed by atoms with van der Waals surface area (Å²) in [6.07, 6.45) is 1.62. The van der Waals surface area contributed by atoms with Crippen molar-refractivity contribution in [2.45, 2.75) is 37.5 Å². The summed E-state index contributed by atoms with van der Waals surface area (Å²) in [6, 6.07) is 22.0. The number of aryl methyl sites for hydroxylation is 3. The molecule has 3 aromatic carbocycles. The largest absolute Gasteiger partial charge is 0.318 e. The van der Waals surface area contributed by atoms with Crippen molar-refractivity contribution in [2.24, 2.45) is 0 Å². The average Bonchev–Trinajstić information content (AvgIpc) is 3.20. The van der Waals surface area contributed by atoms with E-state index < -0.39 is 16.7 Å². The third-order valence-electron chi connectivity index (χ3n) is 6.84. The lowest BCUT2D eigenvalue weighted by atomic mass is 10.0. The molecule has 8 nitrogen and oxygen atoms in total. The van der Waals surface area contributed by atoms with E-state index in [1.807, 2.05) is 76.2 Å². The molecular weight excluding hydrogens is 556 g/mol. The zero-order chi connectivity index (χ0) is 29.4. The number of anilines is 1. The van der Waals surface area contributed by atoms with Gasteiger partial charge >= 0.3 is 0 Å². The minimum atomic E-state index is -0.529. The number of nitro benzene ring substituents is 1. The molecule has 1 N–H and O–H groups in total. The van der Waals surface area contributed by atoms with E-state index >= 15 is 0 Å². The van der Waals surface area contributed by atoms with Crippen molar-refractivity contribution in [1.82, 2.24) is 9.88 Å². The van der Waals surface area contributed by atoms with Crippen LogP contribution in [-0.4, -0.2) is 26.4 Å². The van der Waals surface area contributed by atoms with Crippen molar-refractivity contribution in [2.75, 3.05) is 4.90 Å². The molecule has 4 aromatic rings. The number of benzene rings is 3. The van der Waals surface area contributed by atoms with Crippen molar-refractivity contribution < 1.29 is 14.5 Å². The van der Waals surface area contributed by atoms with Gasteiger partial charge in [-0.1, -0.05) is 29.5 Å². The molecule has 1 saturated heterocycles. The quantitative estimate of drug-likeness (QED) is 0.0904. The van der Waals surface area contributed by atoms with Gasteiger partial charge in [0.2, 0.25) is 0 Å². The van der Waals surface area contributed by atoms with Gasteiger partial charge in [-0.05, 0) is 106 Å². The Balaban J connectivity index is 1.42. The zero-order valence-corrected chi connectivity index (χ0v) is 24.4. The molecule has 10 heteroatoms. The molecule has 41 heavy (non-hydrogen) atoms. The van der Waals surface area contributed by atoms with Crippen LogP contribution in [0.1, 0.15) is 28.1 Å². The molecule has 1 aliphatic heterocycles. The predicted octanol–water partition coefficient (Wildman–Crippen LogP) is 6.60. The van der Waals surface area contributed by atoms with Crippen LogP contribution in [0.15, 0.2) is 88.2 Å². The van der Waals surface area contributed by atoms with E-state index in [1.54, 1.807) is 18.2 Å². The number of aromatic nitrogens is 1. The molecule has 0 unspecified atom stereocenters. The van der Waals surface area contributed by atoms with Crippen molar-refractivity contribution in [3.63, 3.8) is 0 Å². The van der Waals surface area contributed by atoms with Crippen LogP contribution in [0.3, 0.4) is 0 Å². The fraction of sp³-hybridized carbons (Fsp3) is 0.129. The first-order chi connectivity index (χ1) is 19.5. The third-order valence-corrected chi connectivity index (χ3v) is 8.14. The Morgan fingerprint density at radius 3 is 2.15 bits per heavy atom. The van der Waals surface area contributed by atoms with Crippen LogP contribution in [0.25, 0.3) is 11.8 Å². The van der Waals surface area contributed by atoms with Gasteiger partial charge in [-0.2, -0.15) is 0 Å². The summed E-state index contributed by atoms with van der Waals surface area (Å²) in [5.74, 6) is -0.999. The zero-order valence-electron chi connectivity index (χ0n) is 22.8. The van der Waals surface area contributed by atoms with Crippen molar-refractivity contribution in [1.29, 1.82) is 0 Å². The Morgan fingerprint density at radius 2 is 1.54 bits per heavy atom. The highest BCUT2D eigenvalue weighted by molar-refractivity contribution is 7.99. The average molecular weight is 583 g/mol. The predicted molar refractivity (Wildman–Crippen MR) is 165 cm³/mol. The second-order valence-electron chi connectivity index (χ2n) is 9.76. The molecule has 2 amide bonds. The molecule has 0 spiro atoms. The van der Waals surface area contributed by atoms with Gasteiger partial charge in [0.25, 0.3) is 17.5 Å². The molecule has 1 fully saturated rings. The van der Waals surface area contributed by atoms with Gasteiger partial charge in [0, 0.05) is 39.0 Å². The first kappa shape index (κ1) is 28.0. The van der Waals surface area contributed by atoms with Crippen molar-refractivity contribution in [3.05, 3.63) is 117 Å². The topological polar surface area (TPSA) is 97.5 Å². The fourth-order valence-electron chi connectivity index (χ4n) is 4.85. The van der Waals surface area contributed by atoms with E-state index in [4.69, 9.17) is 12.2 Å². The second-order valence-corrected chi connectivity index (χ2v) is 11.3. The lowest BCUT2D eigenvalue weighted by Crippen LogP contribution is -2.54. The van der Waals surface area contributed by atoms with Gasteiger partial charge < -0.3 is 4.57 Å². The second kappa shape index (κ2) is 11.1. The summed E-state index contributed by atoms with van der Waals surface area (Å²) in [6.45, 7) is 7.79. The summed E-state index contributed by atoms with van der Waals surface area (Å²) >= 11 is 6.88. The number of hydrogen-bond acceptors (Lipinski definition) is 6. The lowest BCUT2D eigenvalue weighted by Gasteiger charge is -2.30. The van der Waals surface area contributed by atoms with Gasteiger partial charge in [-0.25, -0.2) is 0 Å². The first-order valence-electron chi connectivity index (χ1n) is 12.7. The number of rotatable bonds is 6. The Bertz CT molecular complexity index is 1760. The van der Waals surface area contributed by atoms with E-state index in [0.717, 1.165) is 43.6 Å². The highest BCUT2D eigenvalue weighted by Gasteiger charge is 2.35. The van der Waals surface area contributed by atoms with Crippen LogP contribution in [-0.2, 0) is 9.59 Å². The molecule has 1 aromatic heterocycles. The number of nitro groups is 1. The van der Waals surface area contributed by atoms with E-state index in [1.165, 1.54) is 28.8 Å². The maximum absolute atomic E-state index is 13.6. The number of carbonyl (C=O) groups is 2. The Morgan fingerprint density at radius 1 is 0.902 bits per heavy atom. The maximum Gasteiger partial charge on any atom is 0.270 e. The third kappa shape index (κ3) is 5.57. The van der Waals surface area contributed by atoms with Crippen LogP contribution < -0.4 is 10.2 Å². The van der Waals surface area contributed by atoms with Gasteiger partial charge in [-0.3, -0.25) is 29.9 Å². The molecule has 0 bridgehead atoms. The van der Waals surface area contributed by atoms with Crippen LogP contribution in [0, 0.1) is 37.8 Å². The smallest absolute Gasteiger partial charge is 0.270 e. The Labute approximate surface area is 246 Å². The normalized spacial score (nSPS) is 14.5. The van der Waals surface area contributed by atoms with E-state index in [9.17, 15) is 19.7 Å². The molecule has 206 valence electrons. The maximum atomic E-state index is 13.6. The Kier molecular flexibility index (Phi) is 7.61. The summed E-state index contributed by atoms with van der Waals surface area (Å²) in [7, 11) is 0. The summed E-state index contributed by atoms with van der Waals surface area (Å²) in [5.41, 5.74) is 6.13. The van der Waals surface area contributed by atoms with E-state index in [2.05, 4.69) is 9.88 Å². The van der Waals surface area contributed by atoms with Crippen molar-refractivity contribution in [3.8, 4) is 5.69 Å². The van der Waals surface area contributed by atoms with Crippen LogP contribution in [0.4, 0.5) is 11.4 Å². The van der Waals surface area contributed by atoms with Gasteiger partial charge in [-0.15, -0.1) is 0 Å². The van der Waals surface area contributed by atoms with Crippen molar-refractivity contribution >= 4 is 58.4 Å². The summed E-state index contributed by atoms with van der Waals surface area (Å²) in [5, 5.41) is 13.6. The highest BCUT2D eigenvalue weighted by Crippen LogP contribution is 2.31. The molecule has 0 saturated carbocycles. The monoisotopic (exact) mass is 582 g/mol. The summed E-state index contributed by atoms with van der Waals surface area (Å²) in [4.78, 5) is 40.2. The number of nitrogens with one attached hydrogen (secondary N) is 1. The number of non-ortho nitro benzene ring substituents is 1. The minimum absolute atomic E-state index is 0.00803. The standard InChI is InChI=1S/C31H26N4O4S2/c1-18-5-14-28(19(2)15-18)34-30(37)27(29(36)32-31(34)40)17-22-16-20(3)33(21(22)4)23-6-10-25(11-7-23)41-26-12-8-24(9-13-26)35(38)39/h5-17H,1-4H3,(H,32,36,40)/b27-17+. The number of hydrogen-bond donors (Lipinski definition) is 1. The minimum Gasteiger partial charge on any atom is -0.318 e. The number of thiocarbonyl (C=S) groups is 1. The SMILES string of the molecule is Cc1ccc(N2C(=O)/C(=C/c3cc(C)n(-c4ccc(Sc5ccc([N+](=O)[O-])cc5)cc4)c3C)C(=O)NC2=S)c(C)c1. The molecule has 1 aliphatic rings. The van der Waals surface area contributed by atoms with Gasteiger partial charge in [0.15, 0.2) is 5.11 Å². The number of carbonyl (C=O) groups excluding carboxylic acids is 2. The number of nitrogens with zero attached hydrogens (tertiary/aromatic N) is 3. The molecule has 2 heterocycles.